The maximum Gasteiger partial charge on any atom is 0.309 e. The van der Waals surface area contributed by atoms with E-state index in [9.17, 15) is 9.90 Å². The molecule has 0 atom stereocenters. The number of carboxylic acid groups (broad SMARTS) is 1. The Morgan fingerprint density at radius 2 is 1.29 bits per heavy atom. The summed E-state index contributed by atoms with van der Waals surface area (Å²) in [5.41, 5.74) is -0.431. The third-order valence-electron chi connectivity index (χ3n) is 3.70. The average Bonchev–Trinajstić information content (AvgIpc) is 2.29. The third-order valence-corrected chi connectivity index (χ3v) is 3.70. The van der Waals surface area contributed by atoms with Gasteiger partial charge in [0.2, 0.25) is 0 Å². The van der Waals surface area contributed by atoms with Crippen molar-refractivity contribution in [2.45, 2.75) is 85.0 Å². The molecule has 0 radical (unpaired) electrons. The Hall–Kier alpha value is -0.530. The van der Waals surface area contributed by atoms with E-state index in [0.717, 1.165) is 64.2 Å². The van der Waals surface area contributed by atoms with Gasteiger partial charge in [0.25, 0.3) is 0 Å². The monoisotopic (exact) mass is 242 g/mol. The molecule has 0 aliphatic rings. The molecule has 0 unspecified atom stereocenters. The smallest absolute Gasteiger partial charge is 0.309 e. The number of hydrogen-bond donors (Lipinski definition) is 1. The highest BCUT2D eigenvalue weighted by molar-refractivity contribution is 5.74. The second kappa shape index (κ2) is 9.49. The fraction of sp³-hybridized carbons (Fsp3) is 0.933. The van der Waals surface area contributed by atoms with Crippen LogP contribution in [0.4, 0.5) is 0 Å². The minimum atomic E-state index is -0.563. The number of unbranched alkanes of at least 4 members (excludes halogenated alkanes) is 4. The lowest BCUT2D eigenvalue weighted by Crippen LogP contribution is -2.31. The number of rotatable bonds is 11. The van der Waals surface area contributed by atoms with Crippen LogP contribution >= 0.6 is 0 Å². The molecule has 0 aliphatic heterocycles. The van der Waals surface area contributed by atoms with Crippen molar-refractivity contribution >= 4 is 5.97 Å². The summed E-state index contributed by atoms with van der Waals surface area (Å²) in [5.74, 6) is -0.563. The van der Waals surface area contributed by atoms with Gasteiger partial charge in [-0.2, -0.15) is 0 Å². The van der Waals surface area contributed by atoms with Crippen molar-refractivity contribution in [3.05, 3.63) is 0 Å². The first-order chi connectivity index (χ1) is 8.13. The second-order valence-electron chi connectivity index (χ2n) is 5.25. The molecular formula is C15H30O2. The van der Waals surface area contributed by atoms with E-state index in [1.807, 2.05) is 0 Å². The lowest BCUT2D eigenvalue weighted by molar-refractivity contribution is -0.150. The van der Waals surface area contributed by atoms with Gasteiger partial charge in [-0.1, -0.05) is 65.7 Å². The number of carboxylic acids is 1. The van der Waals surface area contributed by atoms with Crippen molar-refractivity contribution in [2.75, 3.05) is 0 Å². The zero-order chi connectivity index (χ0) is 13.1. The van der Waals surface area contributed by atoms with Crippen LogP contribution in [0.25, 0.3) is 0 Å². The minimum Gasteiger partial charge on any atom is -0.481 e. The van der Waals surface area contributed by atoms with Crippen LogP contribution in [-0.4, -0.2) is 11.1 Å². The van der Waals surface area contributed by atoms with Gasteiger partial charge in [0.1, 0.15) is 0 Å². The first kappa shape index (κ1) is 16.5. The molecule has 0 fully saturated rings. The number of carbonyl (C=O) groups is 1. The van der Waals surface area contributed by atoms with Crippen molar-refractivity contribution in [1.29, 1.82) is 0 Å². The molecule has 0 bridgehead atoms. The van der Waals surface area contributed by atoms with E-state index in [-0.39, 0.29) is 0 Å². The van der Waals surface area contributed by atoms with Crippen LogP contribution in [0.15, 0.2) is 0 Å². The molecule has 0 aliphatic carbocycles. The van der Waals surface area contributed by atoms with E-state index in [1.54, 1.807) is 0 Å². The highest BCUT2D eigenvalue weighted by atomic mass is 16.4. The molecule has 0 heterocycles. The standard InChI is InChI=1S/C15H30O2/c1-4-7-9-12-15(11-6-3,14(16)17)13-10-8-5-2/h4-13H2,1-3H3,(H,16,17). The molecular weight excluding hydrogens is 212 g/mol. The normalized spacial score (nSPS) is 11.7. The molecule has 0 saturated heterocycles. The number of aliphatic carboxylic acids is 1. The van der Waals surface area contributed by atoms with Gasteiger partial charge in [0, 0.05) is 0 Å². The fourth-order valence-electron chi connectivity index (χ4n) is 2.60. The second-order valence-corrected chi connectivity index (χ2v) is 5.25. The van der Waals surface area contributed by atoms with Crippen LogP contribution in [-0.2, 0) is 4.79 Å². The maximum atomic E-state index is 11.6. The van der Waals surface area contributed by atoms with Crippen LogP contribution < -0.4 is 0 Å². The predicted molar refractivity (Wildman–Crippen MR) is 73.3 cm³/mol. The van der Waals surface area contributed by atoms with E-state index in [1.165, 1.54) is 0 Å². The van der Waals surface area contributed by atoms with Crippen LogP contribution in [0.3, 0.4) is 0 Å². The Kier molecular flexibility index (Phi) is 9.20. The average molecular weight is 242 g/mol. The first-order valence-corrected chi connectivity index (χ1v) is 7.36. The van der Waals surface area contributed by atoms with Gasteiger partial charge in [-0.15, -0.1) is 0 Å². The molecule has 0 saturated carbocycles. The Balaban J connectivity index is 4.43. The molecule has 102 valence electrons. The van der Waals surface area contributed by atoms with Crippen molar-refractivity contribution in [3.8, 4) is 0 Å². The lowest BCUT2D eigenvalue weighted by atomic mass is 9.74. The van der Waals surface area contributed by atoms with E-state index < -0.39 is 11.4 Å². The summed E-state index contributed by atoms with van der Waals surface area (Å²) in [6, 6.07) is 0. The van der Waals surface area contributed by atoms with Crippen LogP contribution in [0.1, 0.15) is 85.0 Å². The van der Waals surface area contributed by atoms with Crippen molar-refractivity contribution in [1.82, 2.24) is 0 Å². The molecule has 0 rings (SSSR count). The molecule has 17 heavy (non-hydrogen) atoms. The summed E-state index contributed by atoms with van der Waals surface area (Å²) in [7, 11) is 0. The Morgan fingerprint density at radius 3 is 1.59 bits per heavy atom. The van der Waals surface area contributed by atoms with Crippen LogP contribution in [0.2, 0.25) is 0 Å². The molecule has 0 spiro atoms. The topological polar surface area (TPSA) is 37.3 Å². The first-order valence-electron chi connectivity index (χ1n) is 7.36. The van der Waals surface area contributed by atoms with Gasteiger partial charge in [-0.05, 0) is 19.3 Å². The summed E-state index contributed by atoms with van der Waals surface area (Å²) in [6.07, 6.45) is 10.3. The summed E-state index contributed by atoms with van der Waals surface area (Å²) in [4.78, 5) is 11.6. The summed E-state index contributed by atoms with van der Waals surface area (Å²) in [6.45, 7) is 6.43. The number of hydrogen-bond acceptors (Lipinski definition) is 1. The van der Waals surface area contributed by atoms with Gasteiger partial charge < -0.3 is 5.11 Å². The van der Waals surface area contributed by atoms with Gasteiger partial charge in [0.05, 0.1) is 5.41 Å². The maximum absolute atomic E-state index is 11.6. The Labute approximate surface area is 107 Å². The fourth-order valence-corrected chi connectivity index (χ4v) is 2.60. The quantitative estimate of drug-likeness (QED) is 0.517. The van der Waals surface area contributed by atoms with Crippen molar-refractivity contribution in [3.63, 3.8) is 0 Å². The summed E-state index contributed by atoms with van der Waals surface area (Å²) >= 11 is 0. The van der Waals surface area contributed by atoms with E-state index in [0.29, 0.717) is 0 Å². The summed E-state index contributed by atoms with van der Waals surface area (Å²) in [5, 5.41) is 9.55. The Bertz CT molecular complexity index is 189. The minimum absolute atomic E-state index is 0.431. The van der Waals surface area contributed by atoms with E-state index >= 15 is 0 Å². The van der Waals surface area contributed by atoms with Crippen molar-refractivity contribution in [2.24, 2.45) is 5.41 Å². The SMILES string of the molecule is CCCCCC(CCC)(CCCCC)C(=O)O. The van der Waals surface area contributed by atoms with Crippen LogP contribution in [0.5, 0.6) is 0 Å². The van der Waals surface area contributed by atoms with Crippen LogP contribution in [0, 0.1) is 5.41 Å². The van der Waals surface area contributed by atoms with Gasteiger partial charge >= 0.3 is 5.97 Å². The lowest BCUT2D eigenvalue weighted by Gasteiger charge is -2.29. The predicted octanol–water partition coefficient (Wildman–Crippen LogP) is 5.02. The van der Waals surface area contributed by atoms with Gasteiger partial charge in [-0.3, -0.25) is 4.79 Å². The molecule has 0 aromatic rings. The zero-order valence-corrected chi connectivity index (χ0v) is 11.9. The van der Waals surface area contributed by atoms with Crippen molar-refractivity contribution < 1.29 is 9.90 Å². The van der Waals surface area contributed by atoms with Gasteiger partial charge in [0.15, 0.2) is 0 Å². The Morgan fingerprint density at radius 1 is 0.824 bits per heavy atom. The molecule has 2 nitrogen and oxygen atoms in total. The molecule has 0 aromatic heterocycles. The molecule has 2 heteroatoms. The third kappa shape index (κ3) is 6.09. The summed E-state index contributed by atoms with van der Waals surface area (Å²) < 4.78 is 0. The van der Waals surface area contributed by atoms with E-state index in [2.05, 4.69) is 20.8 Å². The molecule has 0 aromatic carbocycles. The zero-order valence-electron chi connectivity index (χ0n) is 11.9. The molecule has 1 N–H and O–H groups in total. The molecule has 0 amide bonds. The van der Waals surface area contributed by atoms with E-state index in [4.69, 9.17) is 0 Å². The highest BCUT2D eigenvalue weighted by Crippen LogP contribution is 2.36. The highest BCUT2D eigenvalue weighted by Gasteiger charge is 2.36. The van der Waals surface area contributed by atoms with Gasteiger partial charge in [-0.25, -0.2) is 0 Å². The largest absolute Gasteiger partial charge is 0.481 e.